The Bertz CT molecular complexity index is 289. The highest BCUT2D eigenvalue weighted by atomic mass is 15.1. The zero-order chi connectivity index (χ0) is 8.97. The molecule has 1 aliphatic rings. The highest BCUT2D eigenvalue weighted by molar-refractivity contribution is 5.66. The smallest absolute Gasteiger partial charge is 0.135 e. The van der Waals surface area contributed by atoms with Gasteiger partial charge >= 0.3 is 0 Å². The minimum absolute atomic E-state index is 0.710. The van der Waals surface area contributed by atoms with Crippen LogP contribution in [0.3, 0.4) is 0 Å². The van der Waals surface area contributed by atoms with Crippen molar-refractivity contribution in [1.82, 2.24) is 4.90 Å². The van der Waals surface area contributed by atoms with Gasteiger partial charge in [0.1, 0.15) is 5.70 Å². The van der Waals surface area contributed by atoms with Crippen LogP contribution in [-0.2, 0) is 0 Å². The molecule has 0 aromatic carbocycles. The van der Waals surface area contributed by atoms with Gasteiger partial charge in [0.25, 0.3) is 0 Å². The normalized spacial score (nSPS) is 17.2. The molecule has 0 spiro atoms. The van der Waals surface area contributed by atoms with Gasteiger partial charge in [0.05, 0.1) is 12.2 Å². The highest BCUT2D eigenvalue weighted by Gasteiger charge is 2.08. The van der Waals surface area contributed by atoms with E-state index >= 15 is 0 Å². The lowest BCUT2D eigenvalue weighted by Crippen LogP contribution is -2.23. The van der Waals surface area contributed by atoms with Crippen molar-refractivity contribution in [2.75, 3.05) is 13.6 Å². The van der Waals surface area contributed by atoms with Crippen molar-refractivity contribution < 1.29 is 0 Å². The van der Waals surface area contributed by atoms with Crippen LogP contribution in [0.25, 0.3) is 0 Å². The molecule has 2 heteroatoms. The lowest BCUT2D eigenvalue weighted by atomic mass is 10.2. The van der Waals surface area contributed by atoms with E-state index in [0.29, 0.717) is 5.70 Å². The predicted molar refractivity (Wildman–Crippen MR) is 51.8 cm³/mol. The minimum atomic E-state index is 0.710. The van der Waals surface area contributed by atoms with Gasteiger partial charge < -0.3 is 4.90 Å². The second-order valence-corrected chi connectivity index (χ2v) is 2.57. The summed E-state index contributed by atoms with van der Waals surface area (Å²) in [5.74, 6) is 2.56. The summed E-state index contributed by atoms with van der Waals surface area (Å²) in [5.41, 5.74) is 1.73. The number of rotatable bonds is 1. The van der Waals surface area contributed by atoms with Crippen LogP contribution in [0.1, 0.15) is 6.92 Å². The summed E-state index contributed by atoms with van der Waals surface area (Å²) in [6.07, 6.45) is 11.1. The third-order valence-corrected chi connectivity index (χ3v) is 1.69. The Kier molecular flexibility index (Phi) is 2.71. The van der Waals surface area contributed by atoms with Crippen LogP contribution in [0.2, 0.25) is 0 Å². The third-order valence-electron chi connectivity index (χ3n) is 1.69. The van der Waals surface area contributed by atoms with Gasteiger partial charge in [-0.2, -0.15) is 0 Å². The van der Waals surface area contributed by atoms with Crippen LogP contribution < -0.4 is 0 Å². The number of allylic oxidation sites excluding steroid dienone is 3. The molecule has 0 saturated carbocycles. The van der Waals surface area contributed by atoms with Crippen LogP contribution in [0.4, 0.5) is 0 Å². The lowest BCUT2D eigenvalue weighted by Gasteiger charge is -2.21. The average molecular weight is 160 g/mol. The molecule has 1 rings (SSSR count). The molecule has 0 bridgehead atoms. The third kappa shape index (κ3) is 1.57. The van der Waals surface area contributed by atoms with E-state index in [9.17, 15) is 0 Å². The number of terminal acetylenes is 1. The average Bonchev–Trinajstić information content (AvgIpc) is 2.09. The van der Waals surface area contributed by atoms with Gasteiger partial charge in [-0.15, -0.1) is 6.42 Å². The Morgan fingerprint density at radius 3 is 3.08 bits per heavy atom. The SMILES string of the molecule is C#CC1=C(/C=C\C)N(C)CC=N1. The number of hydrogen-bond acceptors (Lipinski definition) is 2. The van der Waals surface area contributed by atoms with Gasteiger partial charge in [-0.25, -0.2) is 4.99 Å². The van der Waals surface area contributed by atoms with E-state index in [0.717, 1.165) is 12.2 Å². The van der Waals surface area contributed by atoms with Crippen LogP contribution in [0, 0.1) is 12.3 Å². The maximum atomic E-state index is 5.30. The molecule has 0 aromatic rings. The standard InChI is InChI=1S/C10H12N2/c1-4-6-10-9(5-2)11-7-8-12(10)3/h2,4,6-7H,8H2,1,3H3/b6-4-. The summed E-state index contributed by atoms with van der Waals surface area (Å²) in [5, 5.41) is 0. The molecular weight excluding hydrogens is 148 g/mol. The number of nitrogens with zero attached hydrogens (tertiary/aromatic N) is 2. The van der Waals surface area contributed by atoms with E-state index < -0.39 is 0 Å². The zero-order valence-electron chi connectivity index (χ0n) is 7.41. The van der Waals surface area contributed by atoms with Gasteiger partial charge in [0.15, 0.2) is 0 Å². The van der Waals surface area contributed by atoms with Crippen LogP contribution >= 0.6 is 0 Å². The highest BCUT2D eigenvalue weighted by Crippen LogP contribution is 2.13. The van der Waals surface area contributed by atoms with E-state index in [4.69, 9.17) is 6.42 Å². The molecule has 0 aromatic heterocycles. The van der Waals surface area contributed by atoms with Gasteiger partial charge in [-0.3, -0.25) is 0 Å². The Hall–Kier alpha value is -1.49. The maximum absolute atomic E-state index is 5.30. The fourth-order valence-electron chi connectivity index (χ4n) is 1.08. The van der Waals surface area contributed by atoms with E-state index in [1.807, 2.05) is 32.3 Å². The fourth-order valence-corrected chi connectivity index (χ4v) is 1.08. The van der Waals surface area contributed by atoms with Gasteiger partial charge in [-0.05, 0) is 18.9 Å². The summed E-state index contributed by atoms with van der Waals surface area (Å²) in [4.78, 5) is 6.20. The van der Waals surface area contributed by atoms with Crippen molar-refractivity contribution in [2.45, 2.75) is 6.92 Å². The van der Waals surface area contributed by atoms with Crippen LogP contribution in [0.5, 0.6) is 0 Å². The molecule has 0 unspecified atom stereocenters. The number of aliphatic imine (C=N–C) groups is 1. The maximum Gasteiger partial charge on any atom is 0.135 e. The Labute approximate surface area is 73.3 Å². The molecule has 12 heavy (non-hydrogen) atoms. The quantitative estimate of drug-likeness (QED) is 0.530. The molecule has 1 aliphatic heterocycles. The van der Waals surface area contributed by atoms with E-state index in [-0.39, 0.29) is 0 Å². The molecule has 0 atom stereocenters. The summed E-state index contributed by atoms with van der Waals surface area (Å²) in [6, 6.07) is 0. The topological polar surface area (TPSA) is 15.6 Å². The first-order chi connectivity index (χ1) is 5.79. The number of hydrogen-bond donors (Lipinski definition) is 0. The second-order valence-electron chi connectivity index (χ2n) is 2.57. The molecule has 0 radical (unpaired) electrons. The Balaban J connectivity index is 3.06. The molecule has 2 nitrogen and oxygen atoms in total. The Morgan fingerprint density at radius 1 is 1.75 bits per heavy atom. The van der Waals surface area contributed by atoms with Gasteiger partial charge in [-0.1, -0.05) is 6.08 Å². The van der Waals surface area contributed by atoms with Crippen LogP contribution in [-0.4, -0.2) is 24.7 Å². The molecule has 1 heterocycles. The van der Waals surface area contributed by atoms with Crippen molar-refractivity contribution in [3.8, 4) is 12.3 Å². The first kappa shape index (κ1) is 8.61. The van der Waals surface area contributed by atoms with Crippen molar-refractivity contribution in [3.05, 3.63) is 23.5 Å². The van der Waals surface area contributed by atoms with E-state index in [1.54, 1.807) is 0 Å². The summed E-state index contributed by atoms with van der Waals surface area (Å²) in [7, 11) is 2.00. The lowest BCUT2D eigenvalue weighted by molar-refractivity contribution is 0.486. The van der Waals surface area contributed by atoms with Crippen molar-refractivity contribution >= 4 is 6.21 Å². The largest absolute Gasteiger partial charge is 0.367 e. The minimum Gasteiger partial charge on any atom is -0.367 e. The van der Waals surface area contributed by atoms with Crippen molar-refractivity contribution in [1.29, 1.82) is 0 Å². The molecule has 62 valence electrons. The predicted octanol–water partition coefficient (Wildman–Crippen LogP) is 1.42. The Morgan fingerprint density at radius 2 is 2.50 bits per heavy atom. The second kappa shape index (κ2) is 3.77. The van der Waals surface area contributed by atoms with E-state index in [2.05, 4.69) is 15.8 Å². The molecular formula is C10H12N2. The van der Waals surface area contributed by atoms with Crippen molar-refractivity contribution in [3.63, 3.8) is 0 Å². The summed E-state index contributed by atoms with van der Waals surface area (Å²) >= 11 is 0. The molecule has 0 saturated heterocycles. The van der Waals surface area contributed by atoms with E-state index in [1.165, 1.54) is 0 Å². The molecule has 0 aliphatic carbocycles. The van der Waals surface area contributed by atoms with Gasteiger partial charge in [0, 0.05) is 13.3 Å². The monoisotopic (exact) mass is 160 g/mol. The summed E-state index contributed by atoms with van der Waals surface area (Å²) in [6.45, 7) is 2.79. The summed E-state index contributed by atoms with van der Waals surface area (Å²) < 4.78 is 0. The van der Waals surface area contributed by atoms with Crippen LogP contribution in [0.15, 0.2) is 28.5 Å². The van der Waals surface area contributed by atoms with Crippen molar-refractivity contribution in [2.24, 2.45) is 4.99 Å². The first-order valence-corrected chi connectivity index (χ1v) is 3.87. The first-order valence-electron chi connectivity index (χ1n) is 3.87. The molecule has 0 fully saturated rings. The molecule has 0 N–H and O–H groups in total. The fraction of sp³-hybridized carbons (Fsp3) is 0.300. The number of likely N-dealkylation sites (N-methyl/N-ethyl adjacent to an activating group) is 1. The van der Waals surface area contributed by atoms with Gasteiger partial charge in [0.2, 0.25) is 0 Å². The molecule has 0 amide bonds. The zero-order valence-corrected chi connectivity index (χ0v) is 7.41.